The Morgan fingerprint density at radius 2 is 2.17 bits per heavy atom. The molecule has 0 amide bonds. The number of aliphatic hydroxyl groups is 1. The summed E-state index contributed by atoms with van der Waals surface area (Å²) in [6.45, 7) is 8.50. The zero-order chi connectivity index (χ0) is 13.2. The Hall–Kier alpha value is -0.450. The van der Waals surface area contributed by atoms with Gasteiger partial charge in [0.2, 0.25) is 0 Å². The van der Waals surface area contributed by atoms with Gasteiger partial charge in [-0.1, -0.05) is 27.2 Å². The third-order valence-electron chi connectivity index (χ3n) is 3.64. The molecule has 1 saturated carbocycles. The first kappa shape index (κ1) is 14.0. The Bertz CT molecular complexity index is 379. The summed E-state index contributed by atoms with van der Waals surface area (Å²) in [5, 5.41) is 12.5. The normalized spacial score (nSPS) is 17.2. The molecule has 102 valence electrons. The van der Waals surface area contributed by atoms with Crippen molar-refractivity contribution in [2.24, 2.45) is 0 Å². The lowest BCUT2D eigenvalue weighted by molar-refractivity contribution is 0.0944. The van der Waals surface area contributed by atoms with Crippen LogP contribution < -0.4 is 0 Å². The summed E-state index contributed by atoms with van der Waals surface area (Å²) in [5.41, 5.74) is 1.31. The molecule has 1 fully saturated rings. The molecule has 2 rings (SSSR count). The van der Waals surface area contributed by atoms with E-state index in [0.29, 0.717) is 6.04 Å². The topological polar surface area (TPSA) is 36.4 Å². The van der Waals surface area contributed by atoms with Crippen molar-refractivity contribution in [3.63, 3.8) is 0 Å². The van der Waals surface area contributed by atoms with E-state index in [-0.39, 0.29) is 12.0 Å². The average Bonchev–Trinajstić information content (AvgIpc) is 2.63. The molecule has 1 aliphatic rings. The molecule has 18 heavy (non-hydrogen) atoms. The Morgan fingerprint density at radius 1 is 1.44 bits per heavy atom. The van der Waals surface area contributed by atoms with E-state index in [1.54, 1.807) is 11.3 Å². The second kappa shape index (κ2) is 5.68. The Balaban J connectivity index is 2.00. The van der Waals surface area contributed by atoms with Gasteiger partial charge in [0.1, 0.15) is 5.01 Å². The number of nitrogens with zero attached hydrogens (tertiary/aromatic N) is 2. The molecular formula is C14H24N2OS. The SMILES string of the molecule is CC(C)(C)c1csc(CN(CCO)C2CCC2)n1. The van der Waals surface area contributed by atoms with Crippen LogP contribution in [0.1, 0.15) is 50.7 Å². The van der Waals surface area contributed by atoms with E-state index < -0.39 is 0 Å². The van der Waals surface area contributed by atoms with Crippen LogP contribution >= 0.6 is 11.3 Å². The molecule has 1 aromatic heterocycles. The highest BCUT2D eigenvalue weighted by Gasteiger charge is 2.26. The number of aromatic nitrogens is 1. The first-order chi connectivity index (χ1) is 8.50. The molecule has 1 heterocycles. The quantitative estimate of drug-likeness (QED) is 0.892. The fourth-order valence-electron chi connectivity index (χ4n) is 2.17. The summed E-state index contributed by atoms with van der Waals surface area (Å²) < 4.78 is 0. The minimum atomic E-state index is 0.132. The van der Waals surface area contributed by atoms with Gasteiger partial charge in [0.15, 0.2) is 0 Å². The molecule has 1 N–H and O–H groups in total. The number of thiazole rings is 1. The van der Waals surface area contributed by atoms with Crippen LogP contribution in [0.5, 0.6) is 0 Å². The first-order valence-electron chi connectivity index (χ1n) is 6.80. The molecule has 0 aromatic carbocycles. The number of hydrogen-bond acceptors (Lipinski definition) is 4. The monoisotopic (exact) mass is 268 g/mol. The molecule has 0 spiro atoms. The van der Waals surface area contributed by atoms with Gasteiger partial charge in [-0.2, -0.15) is 0 Å². The van der Waals surface area contributed by atoms with Gasteiger partial charge in [-0.3, -0.25) is 4.90 Å². The van der Waals surface area contributed by atoms with Crippen molar-refractivity contribution in [2.45, 2.75) is 58.0 Å². The van der Waals surface area contributed by atoms with Gasteiger partial charge in [-0.25, -0.2) is 4.98 Å². The average molecular weight is 268 g/mol. The first-order valence-corrected chi connectivity index (χ1v) is 7.68. The van der Waals surface area contributed by atoms with Crippen LogP contribution in [0, 0.1) is 0 Å². The second-order valence-electron chi connectivity index (χ2n) is 6.16. The van der Waals surface area contributed by atoms with Crippen LogP contribution in [0.25, 0.3) is 0 Å². The molecule has 1 aliphatic carbocycles. The summed E-state index contributed by atoms with van der Waals surface area (Å²) in [4.78, 5) is 7.12. The van der Waals surface area contributed by atoms with E-state index >= 15 is 0 Å². The molecule has 0 atom stereocenters. The summed E-state index contributed by atoms with van der Waals surface area (Å²) in [5.74, 6) is 0. The van der Waals surface area contributed by atoms with Gasteiger partial charge < -0.3 is 5.11 Å². The highest BCUT2D eigenvalue weighted by atomic mass is 32.1. The highest BCUT2D eigenvalue weighted by molar-refractivity contribution is 7.09. The van der Waals surface area contributed by atoms with E-state index in [0.717, 1.165) is 13.1 Å². The standard InChI is InChI=1S/C14H24N2OS/c1-14(2,3)12-10-18-13(15-12)9-16(7-8-17)11-5-4-6-11/h10-11,17H,4-9H2,1-3H3. The van der Waals surface area contributed by atoms with Crippen LogP contribution in [0.2, 0.25) is 0 Å². The second-order valence-corrected chi connectivity index (χ2v) is 7.10. The van der Waals surface area contributed by atoms with Crippen molar-refractivity contribution in [1.82, 2.24) is 9.88 Å². The molecule has 3 nitrogen and oxygen atoms in total. The third-order valence-corrected chi connectivity index (χ3v) is 4.47. The lowest BCUT2D eigenvalue weighted by atomic mass is 9.91. The van der Waals surface area contributed by atoms with Crippen molar-refractivity contribution in [2.75, 3.05) is 13.2 Å². The van der Waals surface area contributed by atoms with Gasteiger partial charge in [-0.15, -0.1) is 11.3 Å². The largest absolute Gasteiger partial charge is 0.395 e. The maximum Gasteiger partial charge on any atom is 0.107 e. The van der Waals surface area contributed by atoms with E-state index in [1.165, 1.54) is 30.0 Å². The van der Waals surface area contributed by atoms with Crippen LogP contribution in [0.15, 0.2) is 5.38 Å². The van der Waals surface area contributed by atoms with E-state index in [9.17, 15) is 0 Å². The molecule has 1 aromatic rings. The van der Waals surface area contributed by atoms with Gasteiger partial charge in [-0.05, 0) is 12.8 Å². The van der Waals surface area contributed by atoms with E-state index in [4.69, 9.17) is 10.1 Å². The maximum atomic E-state index is 9.16. The maximum absolute atomic E-state index is 9.16. The van der Waals surface area contributed by atoms with Gasteiger partial charge >= 0.3 is 0 Å². The fourth-order valence-corrected chi connectivity index (χ4v) is 3.22. The zero-order valence-corrected chi connectivity index (χ0v) is 12.5. The number of hydrogen-bond donors (Lipinski definition) is 1. The van der Waals surface area contributed by atoms with Crippen molar-refractivity contribution < 1.29 is 5.11 Å². The lowest BCUT2D eigenvalue weighted by Crippen LogP contribution is -2.41. The third kappa shape index (κ3) is 3.31. The van der Waals surface area contributed by atoms with Gasteiger partial charge in [0.25, 0.3) is 0 Å². The van der Waals surface area contributed by atoms with Crippen LogP contribution in [-0.4, -0.2) is 34.2 Å². The van der Waals surface area contributed by atoms with Gasteiger partial charge in [0, 0.05) is 23.4 Å². The lowest BCUT2D eigenvalue weighted by Gasteiger charge is -2.36. The molecule has 0 unspecified atom stereocenters. The molecular weight excluding hydrogens is 244 g/mol. The Labute approximate surface area is 114 Å². The number of aliphatic hydroxyl groups excluding tert-OH is 1. The Kier molecular flexibility index (Phi) is 4.41. The minimum Gasteiger partial charge on any atom is -0.395 e. The number of rotatable bonds is 5. The molecule has 0 bridgehead atoms. The Morgan fingerprint density at radius 3 is 2.61 bits per heavy atom. The van der Waals surface area contributed by atoms with Crippen molar-refractivity contribution in [1.29, 1.82) is 0 Å². The highest BCUT2D eigenvalue weighted by Crippen LogP contribution is 2.28. The van der Waals surface area contributed by atoms with Crippen LogP contribution in [-0.2, 0) is 12.0 Å². The summed E-state index contributed by atoms with van der Waals surface area (Å²) in [6, 6.07) is 0.666. The minimum absolute atomic E-state index is 0.132. The molecule has 4 heteroatoms. The van der Waals surface area contributed by atoms with Crippen molar-refractivity contribution in [3.8, 4) is 0 Å². The predicted octanol–water partition coefficient (Wildman–Crippen LogP) is 2.79. The molecule has 0 radical (unpaired) electrons. The van der Waals surface area contributed by atoms with E-state index in [1.807, 2.05) is 0 Å². The van der Waals surface area contributed by atoms with Crippen LogP contribution in [0.3, 0.4) is 0 Å². The summed E-state index contributed by atoms with van der Waals surface area (Å²) in [7, 11) is 0. The van der Waals surface area contributed by atoms with Crippen LogP contribution in [0.4, 0.5) is 0 Å². The van der Waals surface area contributed by atoms with Crippen molar-refractivity contribution in [3.05, 3.63) is 16.1 Å². The van der Waals surface area contributed by atoms with Gasteiger partial charge in [0.05, 0.1) is 18.8 Å². The van der Waals surface area contributed by atoms with E-state index in [2.05, 4.69) is 31.1 Å². The predicted molar refractivity (Wildman–Crippen MR) is 75.9 cm³/mol. The molecule has 0 saturated heterocycles. The summed E-state index contributed by atoms with van der Waals surface area (Å²) in [6.07, 6.45) is 3.88. The zero-order valence-electron chi connectivity index (χ0n) is 11.6. The fraction of sp³-hybridized carbons (Fsp3) is 0.786. The summed E-state index contributed by atoms with van der Waals surface area (Å²) >= 11 is 1.75. The van der Waals surface area contributed by atoms with Crippen molar-refractivity contribution >= 4 is 11.3 Å². The molecule has 0 aliphatic heterocycles. The smallest absolute Gasteiger partial charge is 0.107 e.